The van der Waals surface area contributed by atoms with Crippen LogP contribution in [0.15, 0.2) is 78.8 Å². The second kappa shape index (κ2) is 20.9. The summed E-state index contributed by atoms with van der Waals surface area (Å²) in [6.07, 6.45) is 0.261. The zero-order valence-electron chi connectivity index (χ0n) is 27.2. The molecule has 0 spiro atoms. The molecule has 0 bridgehead atoms. The van der Waals surface area contributed by atoms with Crippen LogP contribution in [0, 0.1) is 0 Å². The topological polar surface area (TPSA) is 294 Å². The number of carbonyl (C=O) groups is 2. The number of nitrogens with one attached hydrogen (secondary N) is 2. The molecular formula is C28H32ClN7O11S5. The molecule has 3 aromatic carbocycles. The summed E-state index contributed by atoms with van der Waals surface area (Å²) in [5, 5.41) is 23.1. The van der Waals surface area contributed by atoms with Crippen LogP contribution in [0.25, 0.3) is 0 Å². The Hall–Kier alpha value is -3.97. The first-order valence-electron chi connectivity index (χ1n) is 14.4. The summed E-state index contributed by atoms with van der Waals surface area (Å²) >= 11 is 8.37. The van der Waals surface area contributed by atoms with Crippen molar-refractivity contribution < 1.29 is 48.2 Å². The van der Waals surface area contributed by atoms with Crippen molar-refractivity contribution in [1.82, 2.24) is 0 Å². The maximum absolute atomic E-state index is 12.1. The van der Waals surface area contributed by atoms with Crippen molar-refractivity contribution in [2.24, 2.45) is 20.5 Å². The number of hydrogen-bond acceptors (Lipinski definition) is 16. The molecule has 18 nitrogen and oxygen atoms in total. The molecule has 0 aliphatic heterocycles. The van der Waals surface area contributed by atoms with Crippen LogP contribution in [0.3, 0.4) is 0 Å². The number of benzene rings is 3. The van der Waals surface area contributed by atoms with E-state index in [2.05, 4.69) is 31.1 Å². The van der Waals surface area contributed by atoms with E-state index in [1.54, 1.807) is 36.4 Å². The second-order valence-corrected chi connectivity index (χ2v) is 16.4. The van der Waals surface area contributed by atoms with E-state index in [0.717, 1.165) is 0 Å². The van der Waals surface area contributed by atoms with Gasteiger partial charge in [0.2, 0.25) is 11.8 Å². The number of amides is 2. The molecule has 24 heteroatoms. The SMILES string of the molecule is CC(=O)Nc1cc(N=Nc2cc(SCCCS(=O)(=O)O)c(N)cc2NC(C)=O)c(SCCCS(=O)(=O)O)cc1N=Nc1ccc(Cl)cc1.O=S(=O)=O. The summed E-state index contributed by atoms with van der Waals surface area (Å²) < 4.78 is 88.2. The molecule has 3 aromatic rings. The van der Waals surface area contributed by atoms with Gasteiger partial charge in [-0.3, -0.25) is 18.7 Å². The highest BCUT2D eigenvalue weighted by molar-refractivity contribution is 7.99. The molecule has 0 unspecified atom stereocenters. The Kier molecular flexibility index (Phi) is 17.8. The van der Waals surface area contributed by atoms with E-state index >= 15 is 0 Å². The summed E-state index contributed by atoms with van der Waals surface area (Å²) in [5.74, 6) is -1.14. The van der Waals surface area contributed by atoms with Crippen LogP contribution in [-0.4, -0.2) is 73.4 Å². The first-order chi connectivity index (χ1) is 24.2. The third kappa shape index (κ3) is 18.0. The molecule has 2 amide bonds. The Morgan fingerprint density at radius 1 is 0.731 bits per heavy atom. The Morgan fingerprint density at radius 3 is 1.63 bits per heavy atom. The van der Waals surface area contributed by atoms with Gasteiger partial charge >= 0.3 is 10.6 Å². The van der Waals surface area contributed by atoms with Crippen LogP contribution < -0.4 is 16.4 Å². The molecule has 52 heavy (non-hydrogen) atoms. The molecule has 0 aliphatic rings. The summed E-state index contributed by atoms with van der Waals surface area (Å²) in [6.45, 7) is 2.61. The average Bonchev–Trinajstić information content (AvgIpc) is 3.00. The molecular weight excluding hydrogens is 806 g/mol. The standard InChI is InChI=1S/C28H32ClN7O8S4.O3S/c1-17(37)31-22-13-21(30)27(45-9-3-11-47(39,40)41)15-24(22)35-36-26-14-23(32-18(2)38)25(34-33-20-7-5-19(29)6-8-20)16-28(26)46-10-4-12-48(42,43)44;1-4(2)3/h5-8,13-16H,3-4,9-12,30H2,1-2H3,(H,31,37)(H,32,38)(H,39,40,41)(H,42,43,44);. The van der Waals surface area contributed by atoms with Gasteiger partial charge in [0.1, 0.15) is 17.1 Å². The van der Waals surface area contributed by atoms with Gasteiger partial charge in [-0.1, -0.05) is 11.6 Å². The van der Waals surface area contributed by atoms with E-state index in [-0.39, 0.29) is 52.7 Å². The van der Waals surface area contributed by atoms with E-state index in [4.69, 9.17) is 39.1 Å². The number of hydrogen-bond donors (Lipinski definition) is 5. The number of anilines is 3. The van der Waals surface area contributed by atoms with Gasteiger partial charge in [0, 0.05) is 34.3 Å². The number of nitrogen functional groups attached to an aromatic ring is 1. The summed E-state index contributed by atoms with van der Waals surface area (Å²) in [5.41, 5.74) is 8.14. The fraction of sp³-hybridized carbons (Fsp3) is 0.286. The molecule has 0 fully saturated rings. The lowest BCUT2D eigenvalue weighted by atomic mass is 10.2. The first-order valence-corrected chi connectivity index (χ1v) is 21.0. The molecule has 0 aromatic heterocycles. The first kappa shape index (κ1) is 44.2. The van der Waals surface area contributed by atoms with Crippen molar-refractivity contribution in [3.8, 4) is 0 Å². The van der Waals surface area contributed by atoms with E-state index in [1.165, 1.54) is 49.5 Å². The molecule has 0 radical (unpaired) electrons. The Balaban J connectivity index is 0.00000222. The van der Waals surface area contributed by atoms with Crippen molar-refractivity contribution >= 4 is 118 Å². The van der Waals surface area contributed by atoms with Crippen LogP contribution in [0.2, 0.25) is 5.02 Å². The minimum atomic E-state index is -4.18. The van der Waals surface area contributed by atoms with E-state index in [0.29, 0.717) is 26.3 Å². The average molecular weight is 838 g/mol. The predicted molar refractivity (Wildman–Crippen MR) is 199 cm³/mol. The van der Waals surface area contributed by atoms with E-state index in [9.17, 15) is 26.4 Å². The third-order valence-electron chi connectivity index (χ3n) is 5.80. The Bertz CT molecular complexity index is 2150. The maximum atomic E-state index is 12.1. The number of azo groups is 2. The molecule has 0 saturated heterocycles. The molecule has 6 N–H and O–H groups in total. The summed E-state index contributed by atoms with van der Waals surface area (Å²) in [6, 6.07) is 12.7. The number of halogens is 1. The normalized spacial score (nSPS) is 11.6. The minimum Gasteiger partial charge on any atom is -0.398 e. The van der Waals surface area contributed by atoms with Crippen molar-refractivity contribution in [1.29, 1.82) is 0 Å². The van der Waals surface area contributed by atoms with Crippen molar-refractivity contribution in [2.75, 3.05) is 39.4 Å². The zero-order valence-corrected chi connectivity index (χ0v) is 32.1. The molecule has 3 rings (SSSR count). The zero-order chi connectivity index (χ0) is 39.1. The van der Waals surface area contributed by atoms with Gasteiger partial charge in [0.25, 0.3) is 20.2 Å². The van der Waals surface area contributed by atoms with Gasteiger partial charge in [0.15, 0.2) is 0 Å². The number of carbonyl (C=O) groups excluding carboxylic acids is 2. The van der Waals surface area contributed by atoms with Gasteiger partial charge in [0.05, 0.1) is 28.6 Å². The molecule has 0 aliphatic carbocycles. The Labute approximate surface area is 314 Å². The largest absolute Gasteiger partial charge is 0.425 e. The number of nitrogens with two attached hydrogens (primary N) is 1. The van der Waals surface area contributed by atoms with Crippen LogP contribution in [-0.2, 0) is 40.4 Å². The van der Waals surface area contributed by atoms with Gasteiger partial charge in [-0.2, -0.15) is 21.9 Å². The predicted octanol–water partition coefficient (Wildman–Crippen LogP) is 6.41. The lowest BCUT2D eigenvalue weighted by Gasteiger charge is -2.13. The van der Waals surface area contributed by atoms with E-state index < -0.39 is 54.2 Å². The third-order valence-corrected chi connectivity index (χ3v) is 9.95. The fourth-order valence-corrected chi connectivity index (χ4v) is 7.17. The molecule has 0 saturated carbocycles. The van der Waals surface area contributed by atoms with Crippen LogP contribution >= 0.6 is 35.1 Å². The van der Waals surface area contributed by atoms with Crippen molar-refractivity contribution in [2.45, 2.75) is 36.5 Å². The van der Waals surface area contributed by atoms with Gasteiger partial charge in [-0.05, 0) is 72.9 Å². The summed E-state index contributed by atoms with van der Waals surface area (Å²) in [4.78, 5) is 25.0. The molecule has 0 heterocycles. The molecule has 282 valence electrons. The smallest absolute Gasteiger partial charge is 0.398 e. The highest BCUT2D eigenvalue weighted by atomic mass is 35.5. The molecule has 0 atom stereocenters. The lowest BCUT2D eigenvalue weighted by Crippen LogP contribution is -2.07. The number of nitrogens with zero attached hydrogens (tertiary/aromatic N) is 4. The maximum Gasteiger partial charge on any atom is 0.425 e. The monoisotopic (exact) mass is 837 g/mol. The highest BCUT2D eigenvalue weighted by Gasteiger charge is 2.15. The van der Waals surface area contributed by atoms with Crippen LogP contribution in [0.1, 0.15) is 26.7 Å². The quantitative estimate of drug-likeness (QED) is 0.0343. The Morgan fingerprint density at radius 2 is 1.15 bits per heavy atom. The second-order valence-electron chi connectivity index (χ2n) is 10.2. The number of thioether (sulfide) groups is 2. The van der Waals surface area contributed by atoms with Crippen molar-refractivity contribution in [3.05, 3.63) is 53.6 Å². The number of rotatable bonds is 16. The van der Waals surface area contributed by atoms with Crippen molar-refractivity contribution in [3.63, 3.8) is 0 Å². The summed E-state index contributed by atoms with van der Waals surface area (Å²) in [7, 11) is -11.4. The van der Waals surface area contributed by atoms with Crippen LogP contribution in [0.5, 0.6) is 0 Å². The van der Waals surface area contributed by atoms with Crippen LogP contribution in [0.4, 0.5) is 39.8 Å². The van der Waals surface area contributed by atoms with Gasteiger partial charge < -0.3 is 16.4 Å². The van der Waals surface area contributed by atoms with Gasteiger partial charge in [-0.25, -0.2) is 0 Å². The fourth-order valence-electron chi connectivity index (χ4n) is 3.78. The minimum absolute atomic E-state index is 0.109. The highest BCUT2D eigenvalue weighted by Crippen LogP contribution is 2.42. The van der Waals surface area contributed by atoms with E-state index in [1.807, 2.05) is 0 Å². The lowest BCUT2D eigenvalue weighted by molar-refractivity contribution is -0.115. The van der Waals surface area contributed by atoms with Gasteiger partial charge in [-0.15, -0.1) is 51.5 Å².